The van der Waals surface area contributed by atoms with Crippen LogP contribution in [-0.2, 0) is 4.79 Å². The number of carbonyl (C=O) groups is 2. The van der Waals surface area contributed by atoms with Crippen LogP contribution in [-0.4, -0.2) is 65.8 Å². The molecule has 1 unspecified atom stereocenters. The first-order chi connectivity index (χ1) is 14.1. The summed E-state index contributed by atoms with van der Waals surface area (Å²) in [6.45, 7) is 4.11. The third-order valence-electron chi connectivity index (χ3n) is 5.81. The first-order valence-electron chi connectivity index (χ1n) is 10.3. The molecule has 1 atom stereocenters. The molecule has 6 heteroatoms. The van der Waals surface area contributed by atoms with E-state index in [4.69, 9.17) is 11.6 Å². The second kappa shape index (κ2) is 8.97. The maximum atomic E-state index is 13.4. The second-order valence-corrected chi connectivity index (χ2v) is 8.12. The molecule has 0 spiro atoms. The van der Waals surface area contributed by atoms with Crippen molar-refractivity contribution in [2.45, 2.75) is 18.9 Å². The van der Waals surface area contributed by atoms with E-state index in [-0.39, 0.29) is 17.9 Å². The molecule has 2 aromatic carbocycles. The van der Waals surface area contributed by atoms with Gasteiger partial charge >= 0.3 is 0 Å². The summed E-state index contributed by atoms with van der Waals surface area (Å²) in [4.78, 5) is 32.2. The Balaban J connectivity index is 1.44. The van der Waals surface area contributed by atoms with E-state index in [0.29, 0.717) is 36.8 Å². The molecule has 2 aromatic rings. The van der Waals surface area contributed by atoms with Crippen LogP contribution < -0.4 is 0 Å². The molecule has 0 radical (unpaired) electrons. The lowest BCUT2D eigenvalue weighted by atomic mass is 10.0. The Kier molecular flexibility index (Phi) is 6.16. The number of rotatable bonds is 4. The highest BCUT2D eigenvalue weighted by Crippen LogP contribution is 2.27. The Labute approximate surface area is 176 Å². The summed E-state index contributed by atoms with van der Waals surface area (Å²) in [6, 6.07) is 16.8. The van der Waals surface area contributed by atoms with Crippen LogP contribution in [0, 0.1) is 0 Å². The standard InChI is InChI=1S/C23H26ClN3O2/c24-20-10-6-9-19(17-20)22(28)26-13-15-27(16-14-26)23(29)21(25-11-4-5-12-25)18-7-2-1-3-8-18/h1-3,6-10,17,21H,4-5,11-16H2. The van der Waals surface area contributed by atoms with Gasteiger partial charge in [0, 0.05) is 36.8 Å². The SMILES string of the molecule is O=C(c1cccc(Cl)c1)N1CCN(C(=O)C(c2ccccc2)N2CCCC2)CC1. The fourth-order valence-corrected chi connectivity index (χ4v) is 4.44. The van der Waals surface area contributed by atoms with Crippen LogP contribution in [0.4, 0.5) is 0 Å². The van der Waals surface area contributed by atoms with Gasteiger partial charge in [-0.05, 0) is 49.7 Å². The second-order valence-electron chi connectivity index (χ2n) is 7.68. The largest absolute Gasteiger partial charge is 0.337 e. The molecule has 2 heterocycles. The highest BCUT2D eigenvalue weighted by molar-refractivity contribution is 6.30. The van der Waals surface area contributed by atoms with E-state index in [1.165, 1.54) is 0 Å². The minimum Gasteiger partial charge on any atom is -0.337 e. The maximum absolute atomic E-state index is 13.4. The summed E-state index contributed by atoms with van der Waals surface area (Å²) in [7, 11) is 0. The molecule has 29 heavy (non-hydrogen) atoms. The molecule has 152 valence electrons. The third kappa shape index (κ3) is 4.46. The number of carbonyl (C=O) groups excluding carboxylic acids is 2. The van der Waals surface area contributed by atoms with Gasteiger partial charge in [0.1, 0.15) is 6.04 Å². The lowest BCUT2D eigenvalue weighted by Gasteiger charge is -2.38. The van der Waals surface area contributed by atoms with Crippen LogP contribution in [0.5, 0.6) is 0 Å². The van der Waals surface area contributed by atoms with Crippen molar-refractivity contribution < 1.29 is 9.59 Å². The van der Waals surface area contributed by atoms with Gasteiger partial charge < -0.3 is 9.80 Å². The first kappa shape index (κ1) is 19.9. The van der Waals surface area contributed by atoms with Gasteiger partial charge in [-0.1, -0.05) is 48.0 Å². The van der Waals surface area contributed by atoms with Crippen LogP contribution in [0.1, 0.15) is 34.8 Å². The first-order valence-corrected chi connectivity index (χ1v) is 10.6. The van der Waals surface area contributed by atoms with Crippen molar-refractivity contribution in [1.29, 1.82) is 0 Å². The normalized spacial score (nSPS) is 18.7. The minimum atomic E-state index is -0.228. The highest BCUT2D eigenvalue weighted by atomic mass is 35.5. The van der Waals surface area contributed by atoms with E-state index >= 15 is 0 Å². The molecule has 2 amide bonds. The Hall–Kier alpha value is -2.37. The van der Waals surface area contributed by atoms with Crippen LogP contribution in [0.15, 0.2) is 54.6 Å². The monoisotopic (exact) mass is 411 g/mol. The molecule has 4 rings (SSSR count). The number of amides is 2. The number of benzene rings is 2. The van der Waals surface area contributed by atoms with Gasteiger partial charge in [0.25, 0.3) is 5.91 Å². The van der Waals surface area contributed by atoms with E-state index < -0.39 is 0 Å². The quantitative estimate of drug-likeness (QED) is 0.773. The molecule has 2 aliphatic rings. The van der Waals surface area contributed by atoms with E-state index in [0.717, 1.165) is 31.5 Å². The van der Waals surface area contributed by atoms with Crippen molar-refractivity contribution in [3.63, 3.8) is 0 Å². The zero-order chi connectivity index (χ0) is 20.2. The summed E-state index contributed by atoms with van der Waals surface area (Å²) in [5, 5.41) is 0.556. The smallest absolute Gasteiger partial charge is 0.254 e. The Bertz CT molecular complexity index is 859. The number of nitrogens with zero attached hydrogens (tertiary/aromatic N) is 3. The van der Waals surface area contributed by atoms with Crippen molar-refractivity contribution in [3.8, 4) is 0 Å². The number of likely N-dealkylation sites (tertiary alicyclic amines) is 1. The van der Waals surface area contributed by atoms with Gasteiger partial charge in [-0.3, -0.25) is 14.5 Å². The molecule has 0 saturated carbocycles. The third-order valence-corrected chi connectivity index (χ3v) is 6.04. The van der Waals surface area contributed by atoms with Gasteiger partial charge in [-0.15, -0.1) is 0 Å². The van der Waals surface area contributed by atoms with E-state index in [1.54, 1.807) is 24.3 Å². The van der Waals surface area contributed by atoms with Crippen molar-refractivity contribution in [1.82, 2.24) is 14.7 Å². The lowest BCUT2D eigenvalue weighted by molar-refractivity contribution is -0.138. The molecular weight excluding hydrogens is 386 g/mol. The number of piperazine rings is 1. The van der Waals surface area contributed by atoms with Crippen LogP contribution in [0.25, 0.3) is 0 Å². The molecule has 2 saturated heterocycles. The molecule has 5 nitrogen and oxygen atoms in total. The van der Waals surface area contributed by atoms with Crippen molar-refractivity contribution in [2.75, 3.05) is 39.3 Å². The van der Waals surface area contributed by atoms with Crippen molar-refractivity contribution in [2.24, 2.45) is 0 Å². The van der Waals surface area contributed by atoms with Crippen LogP contribution in [0.2, 0.25) is 5.02 Å². The van der Waals surface area contributed by atoms with Crippen LogP contribution >= 0.6 is 11.6 Å². The number of hydrogen-bond donors (Lipinski definition) is 0. The van der Waals surface area contributed by atoms with Crippen molar-refractivity contribution >= 4 is 23.4 Å². The minimum absolute atomic E-state index is 0.0289. The molecule has 0 aliphatic carbocycles. The van der Waals surface area contributed by atoms with Gasteiger partial charge in [-0.25, -0.2) is 0 Å². The fourth-order valence-electron chi connectivity index (χ4n) is 4.25. The Morgan fingerprint density at radius 2 is 1.45 bits per heavy atom. The molecule has 0 N–H and O–H groups in total. The predicted molar refractivity (Wildman–Crippen MR) is 114 cm³/mol. The Morgan fingerprint density at radius 3 is 2.10 bits per heavy atom. The molecule has 2 fully saturated rings. The van der Waals surface area contributed by atoms with Gasteiger partial charge in [0.15, 0.2) is 0 Å². The zero-order valence-corrected chi connectivity index (χ0v) is 17.2. The number of hydrogen-bond acceptors (Lipinski definition) is 3. The van der Waals surface area contributed by atoms with Gasteiger partial charge in [0.05, 0.1) is 0 Å². The van der Waals surface area contributed by atoms with Crippen molar-refractivity contribution in [3.05, 3.63) is 70.7 Å². The molecule has 0 bridgehead atoms. The zero-order valence-electron chi connectivity index (χ0n) is 16.5. The van der Waals surface area contributed by atoms with Gasteiger partial charge in [-0.2, -0.15) is 0 Å². The predicted octanol–water partition coefficient (Wildman–Crippen LogP) is 3.46. The van der Waals surface area contributed by atoms with Crippen LogP contribution in [0.3, 0.4) is 0 Å². The molecule has 2 aliphatic heterocycles. The topological polar surface area (TPSA) is 43.9 Å². The number of halogens is 1. The van der Waals surface area contributed by atoms with E-state index in [9.17, 15) is 9.59 Å². The summed E-state index contributed by atoms with van der Waals surface area (Å²) in [5.74, 6) is 0.117. The summed E-state index contributed by atoms with van der Waals surface area (Å²) in [6.07, 6.45) is 2.27. The molecule has 0 aromatic heterocycles. The van der Waals surface area contributed by atoms with Gasteiger partial charge in [0.2, 0.25) is 5.91 Å². The Morgan fingerprint density at radius 1 is 0.793 bits per heavy atom. The summed E-state index contributed by atoms with van der Waals surface area (Å²) in [5.41, 5.74) is 1.65. The van der Waals surface area contributed by atoms with E-state index in [2.05, 4.69) is 4.90 Å². The molecular formula is C23H26ClN3O2. The highest BCUT2D eigenvalue weighted by Gasteiger charge is 2.34. The fraction of sp³-hybridized carbons (Fsp3) is 0.391. The summed E-state index contributed by atoms with van der Waals surface area (Å²) >= 11 is 6.02. The summed E-state index contributed by atoms with van der Waals surface area (Å²) < 4.78 is 0. The van der Waals surface area contributed by atoms with E-state index in [1.807, 2.05) is 40.1 Å². The average molecular weight is 412 g/mol. The average Bonchev–Trinajstić information content (AvgIpc) is 3.28. The lowest BCUT2D eigenvalue weighted by Crippen LogP contribution is -2.53. The maximum Gasteiger partial charge on any atom is 0.254 e.